The lowest BCUT2D eigenvalue weighted by molar-refractivity contribution is -0.141. The van der Waals surface area contributed by atoms with Crippen molar-refractivity contribution in [1.29, 1.82) is 0 Å². The maximum atomic E-state index is 11.9. The van der Waals surface area contributed by atoms with Gasteiger partial charge in [0.05, 0.1) is 24.6 Å². The summed E-state index contributed by atoms with van der Waals surface area (Å²) in [6.07, 6.45) is 0. The highest BCUT2D eigenvalue weighted by molar-refractivity contribution is 9.10. The Bertz CT molecular complexity index is 774. The van der Waals surface area contributed by atoms with Crippen molar-refractivity contribution in [3.05, 3.63) is 52.0 Å². The molecule has 0 saturated heterocycles. The quantitative estimate of drug-likeness (QED) is 0.355. The lowest BCUT2D eigenvalue weighted by atomic mass is 10.0. The summed E-state index contributed by atoms with van der Waals surface area (Å²) in [4.78, 5) is 11.9. The molecule has 0 radical (unpaired) electrons. The van der Waals surface area contributed by atoms with Crippen LogP contribution in [0.2, 0.25) is 0 Å². The standard InChI is InChI=1S/C20H22Br2O4/c1-12(2)15-10-14(6-8-18(15)24-3)26-19-7-5-13(9-17(19)22)16(11-21)20(23)25-4/h5-10,12,16H,11H2,1-4H3. The SMILES string of the molecule is COC(=O)C(CBr)c1ccc(Oc2ccc(OC)c(C(C)C)c2)c(Br)c1. The van der Waals surface area contributed by atoms with E-state index in [9.17, 15) is 4.79 Å². The average molecular weight is 486 g/mol. The van der Waals surface area contributed by atoms with Gasteiger partial charge in [-0.05, 0) is 57.7 Å². The van der Waals surface area contributed by atoms with E-state index in [0.29, 0.717) is 17.0 Å². The normalized spacial score (nSPS) is 12.0. The van der Waals surface area contributed by atoms with Crippen molar-refractivity contribution in [3.8, 4) is 17.2 Å². The van der Waals surface area contributed by atoms with E-state index in [-0.39, 0.29) is 11.9 Å². The molecule has 0 aliphatic carbocycles. The van der Waals surface area contributed by atoms with E-state index in [1.807, 2.05) is 36.4 Å². The number of methoxy groups -OCH3 is 2. The number of carbonyl (C=O) groups is 1. The molecule has 0 bridgehead atoms. The zero-order valence-electron chi connectivity index (χ0n) is 15.2. The number of benzene rings is 2. The number of hydrogen-bond donors (Lipinski definition) is 0. The molecule has 1 unspecified atom stereocenters. The molecule has 0 aromatic heterocycles. The second-order valence-corrected chi connectivity index (χ2v) is 7.58. The Morgan fingerprint density at radius 3 is 2.31 bits per heavy atom. The zero-order valence-corrected chi connectivity index (χ0v) is 18.4. The molecular formula is C20H22Br2O4. The number of esters is 1. The largest absolute Gasteiger partial charge is 0.496 e. The van der Waals surface area contributed by atoms with Gasteiger partial charge in [-0.15, -0.1) is 0 Å². The minimum Gasteiger partial charge on any atom is -0.496 e. The van der Waals surface area contributed by atoms with Crippen LogP contribution in [-0.2, 0) is 9.53 Å². The molecule has 26 heavy (non-hydrogen) atoms. The number of rotatable bonds is 7. The summed E-state index contributed by atoms with van der Waals surface area (Å²) in [6.45, 7) is 4.22. The second-order valence-electron chi connectivity index (χ2n) is 6.08. The maximum Gasteiger partial charge on any atom is 0.313 e. The van der Waals surface area contributed by atoms with Crippen molar-refractivity contribution in [2.24, 2.45) is 0 Å². The Labute approximate surface area is 171 Å². The van der Waals surface area contributed by atoms with Gasteiger partial charge in [0.25, 0.3) is 0 Å². The van der Waals surface area contributed by atoms with Gasteiger partial charge < -0.3 is 14.2 Å². The minimum absolute atomic E-state index is 0.279. The van der Waals surface area contributed by atoms with Gasteiger partial charge in [0.1, 0.15) is 17.2 Å². The molecule has 0 amide bonds. The van der Waals surface area contributed by atoms with Gasteiger partial charge in [-0.1, -0.05) is 35.8 Å². The minimum atomic E-state index is -0.362. The van der Waals surface area contributed by atoms with Gasteiger partial charge >= 0.3 is 5.97 Å². The molecule has 1 atom stereocenters. The molecule has 2 aromatic carbocycles. The molecule has 6 heteroatoms. The molecule has 0 saturated carbocycles. The Balaban J connectivity index is 2.28. The molecule has 0 fully saturated rings. The number of halogens is 2. The Kier molecular flexibility index (Phi) is 7.53. The van der Waals surface area contributed by atoms with Gasteiger partial charge in [0.15, 0.2) is 0 Å². The Morgan fingerprint density at radius 2 is 1.77 bits per heavy atom. The molecule has 140 valence electrons. The van der Waals surface area contributed by atoms with Crippen LogP contribution in [0.4, 0.5) is 0 Å². The summed E-state index contributed by atoms with van der Waals surface area (Å²) < 4.78 is 17.1. The maximum absolute atomic E-state index is 11.9. The summed E-state index contributed by atoms with van der Waals surface area (Å²) in [5.41, 5.74) is 1.94. The highest BCUT2D eigenvalue weighted by Crippen LogP contribution is 2.36. The number of ether oxygens (including phenoxy) is 3. The van der Waals surface area contributed by atoms with Crippen molar-refractivity contribution in [2.45, 2.75) is 25.7 Å². The topological polar surface area (TPSA) is 44.8 Å². The van der Waals surface area contributed by atoms with Gasteiger partial charge in [0, 0.05) is 10.9 Å². The second kappa shape index (κ2) is 9.42. The lowest BCUT2D eigenvalue weighted by Crippen LogP contribution is -2.15. The van der Waals surface area contributed by atoms with Crippen LogP contribution in [0.1, 0.15) is 36.8 Å². The van der Waals surface area contributed by atoms with Gasteiger partial charge in [-0.3, -0.25) is 4.79 Å². The van der Waals surface area contributed by atoms with E-state index in [1.165, 1.54) is 7.11 Å². The highest BCUT2D eigenvalue weighted by Gasteiger charge is 2.21. The molecule has 2 rings (SSSR count). The number of carbonyl (C=O) groups excluding carboxylic acids is 1. The molecule has 0 N–H and O–H groups in total. The average Bonchev–Trinajstić information content (AvgIpc) is 2.64. The van der Waals surface area contributed by atoms with Crippen LogP contribution in [0, 0.1) is 0 Å². The van der Waals surface area contributed by atoms with Crippen LogP contribution in [0.15, 0.2) is 40.9 Å². The third kappa shape index (κ3) is 4.80. The lowest BCUT2D eigenvalue weighted by Gasteiger charge is -2.16. The van der Waals surface area contributed by atoms with Crippen LogP contribution in [0.25, 0.3) is 0 Å². The van der Waals surface area contributed by atoms with Gasteiger partial charge in [0.2, 0.25) is 0 Å². The summed E-state index contributed by atoms with van der Waals surface area (Å²) >= 11 is 6.90. The predicted molar refractivity (Wildman–Crippen MR) is 110 cm³/mol. The zero-order chi connectivity index (χ0) is 19.3. The summed E-state index contributed by atoms with van der Waals surface area (Å²) in [6, 6.07) is 11.4. The van der Waals surface area contributed by atoms with E-state index in [0.717, 1.165) is 27.1 Å². The molecule has 0 heterocycles. The van der Waals surface area contributed by atoms with E-state index in [4.69, 9.17) is 14.2 Å². The summed E-state index contributed by atoms with van der Waals surface area (Å²) in [5, 5.41) is 0.489. The van der Waals surface area contributed by atoms with Gasteiger partial charge in [-0.2, -0.15) is 0 Å². The van der Waals surface area contributed by atoms with Crippen molar-refractivity contribution < 1.29 is 19.0 Å². The van der Waals surface area contributed by atoms with E-state index in [2.05, 4.69) is 45.7 Å². The van der Waals surface area contributed by atoms with E-state index < -0.39 is 0 Å². The fraction of sp³-hybridized carbons (Fsp3) is 0.350. The van der Waals surface area contributed by atoms with E-state index in [1.54, 1.807) is 7.11 Å². The molecule has 0 aliphatic heterocycles. The first-order valence-corrected chi connectivity index (χ1v) is 10.1. The van der Waals surface area contributed by atoms with Crippen LogP contribution >= 0.6 is 31.9 Å². The van der Waals surface area contributed by atoms with Crippen molar-refractivity contribution in [2.75, 3.05) is 19.5 Å². The first-order valence-electron chi connectivity index (χ1n) is 8.20. The van der Waals surface area contributed by atoms with Crippen LogP contribution < -0.4 is 9.47 Å². The summed E-state index contributed by atoms with van der Waals surface area (Å²) in [7, 11) is 3.05. The Morgan fingerprint density at radius 1 is 1.08 bits per heavy atom. The molecule has 0 spiro atoms. The molecule has 0 aliphatic rings. The third-order valence-electron chi connectivity index (χ3n) is 4.05. The highest BCUT2D eigenvalue weighted by atomic mass is 79.9. The third-order valence-corrected chi connectivity index (χ3v) is 5.32. The van der Waals surface area contributed by atoms with Crippen molar-refractivity contribution in [3.63, 3.8) is 0 Å². The predicted octanol–water partition coefficient (Wildman–Crippen LogP) is 6.02. The summed E-state index contributed by atoms with van der Waals surface area (Å²) in [5.74, 6) is 1.93. The Hall–Kier alpha value is -1.53. The van der Waals surface area contributed by atoms with Gasteiger partial charge in [-0.25, -0.2) is 0 Å². The number of alkyl halides is 1. The van der Waals surface area contributed by atoms with Crippen LogP contribution in [-0.4, -0.2) is 25.5 Å². The number of hydrogen-bond acceptors (Lipinski definition) is 4. The first-order chi connectivity index (χ1) is 12.4. The van der Waals surface area contributed by atoms with Crippen molar-refractivity contribution in [1.82, 2.24) is 0 Å². The molecule has 2 aromatic rings. The molecule has 4 nitrogen and oxygen atoms in total. The molecular weight excluding hydrogens is 464 g/mol. The fourth-order valence-electron chi connectivity index (χ4n) is 2.60. The van der Waals surface area contributed by atoms with Crippen molar-refractivity contribution >= 4 is 37.8 Å². The smallest absolute Gasteiger partial charge is 0.313 e. The monoisotopic (exact) mass is 484 g/mol. The van der Waals surface area contributed by atoms with Crippen LogP contribution in [0.3, 0.4) is 0 Å². The van der Waals surface area contributed by atoms with E-state index >= 15 is 0 Å². The fourth-order valence-corrected chi connectivity index (χ4v) is 3.72. The first kappa shape index (κ1) is 20.8. The van der Waals surface area contributed by atoms with Crippen LogP contribution in [0.5, 0.6) is 17.2 Å².